The molecule has 0 bridgehead atoms. The van der Waals surface area contributed by atoms with Crippen LogP contribution in [0.3, 0.4) is 0 Å². The van der Waals surface area contributed by atoms with Gasteiger partial charge in [0.15, 0.2) is 0 Å². The Kier molecular flexibility index (Phi) is 4.32. The molecule has 114 valence electrons. The van der Waals surface area contributed by atoms with Crippen molar-refractivity contribution in [1.29, 1.82) is 0 Å². The third kappa shape index (κ3) is 3.61. The van der Waals surface area contributed by atoms with Crippen LogP contribution in [0.2, 0.25) is 0 Å². The highest BCUT2D eigenvalue weighted by Gasteiger charge is 2.32. The van der Waals surface area contributed by atoms with E-state index >= 15 is 0 Å². The Labute approximate surface area is 124 Å². The fraction of sp³-hybridized carbons (Fsp3) is 0.500. The molecule has 1 aliphatic carbocycles. The number of amides is 2. The second-order valence-electron chi connectivity index (χ2n) is 6.45. The molecular formula is C16H22N2O3. The van der Waals surface area contributed by atoms with Gasteiger partial charge in [0.1, 0.15) is 0 Å². The number of fused-ring (bicyclic) bond motifs is 1. The van der Waals surface area contributed by atoms with Gasteiger partial charge in [0.25, 0.3) is 0 Å². The SMILES string of the molecule is CC(C)(C)C(=O)NCC(=O)N[C@@H]1c2ccccc2C[C@@H]1O. The minimum absolute atomic E-state index is 0.0819. The molecule has 0 unspecified atom stereocenters. The van der Waals surface area contributed by atoms with Gasteiger partial charge in [-0.1, -0.05) is 45.0 Å². The van der Waals surface area contributed by atoms with Crippen molar-refractivity contribution in [2.75, 3.05) is 6.54 Å². The zero-order valence-corrected chi connectivity index (χ0v) is 12.6. The van der Waals surface area contributed by atoms with Crippen molar-refractivity contribution in [1.82, 2.24) is 10.6 Å². The highest BCUT2D eigenvalue weighted by Crippen LogP contribution is 2.30. The second kappa shape index (κ2) is 5.85. The van der Waals surface area contributed by atoms with Crippen molar-refractivity contribution in [3.8, 4) is 0 Å². The molecule has 1 aliphatic rings. The van der Waals surface area contributed by atoms with Gasteiger partial charge in [-0.2, -0.15) is 0 Å². The van der Waals surface area contributed by atoms with Crippen molar-refractivity contribution in [2.45, 2.75) is 39.3 Å². The number of aliphatic hydroxyl groups excluding tert-OH is 1. The summed E-state index contributed by atoms with van der Waals surface area (Å²) in [4.78, 5) is 23.7. The molecule has 2 atom stereocenters. The molecule has 0 saturated heterocycles. The second-order valence-corrected chi connectivity index (χ2v) is 6.45. The number of carbonyl (C=O) groups excluding carboxylic acids is 2. The van der Waals surface area contributed by atoms with Gasteiger partial charge in [0, 0.05) is 11.8 Å². The van der Waals surface area contributed by atoms with Crippen LogP contribution in [0.1, 0.15) is 37.9 Å². The topological polar surface area (TPSA) is 78.4 Å². The van der Waals surface area contributed by atoms with E-state index in [9.17, 15) is 14.7 Å². The monoisotopic (exact) mass is 290 g/mol. The summed E-state index contributed by atoms with van der Waals surface area (Å²) in [6.45, 7) is 5.28. The maximum absolute atomic E-state index is 11.9. The molecule has 21 heavy (non-hydrogen) atoms. The van der Waals surface area contributed by atoms with Crippen LogP contribution in [-0.4, -0.2) is 29.6 Å². The maximum atomic E-state index is 11.9. The minimum Gasteiger partial charge on any atom is -0.390 e. The number of nitrogens with one attached hydrogen (secondary N) is 2. The molecular weight excluding hydrogens is 268 g/mol. The Hall–Kier alpha value is -1.88. The number of aliphatic hydroxyl groups is 1. The smallest absolute Gasteiger partial charge is 0.239 e. The third-order valence-electron chi connectivity index (χ3n) is 3.61. The van der Waals surface area contributed by atoms with Crippen LogP contribution < -0.4 is 10.6 Å². The van der Waals surface area contributed by atoms with Gasteiger partial charge in [-0.3, -0.25) is 9.59 Å². The Morgan fingerprint density at radius 1 is 1.29 bits per heavy atom. The van der Waals surface area contributed by atoms with E-state index in [4.69, 9.17) is 0 Å². The first kappa shape index (κ1) is 15.5. The number of rotatable bonds is 3. The van der Waals surface area contributed by atoms with E-state index in [1.807, 2.05) is 24.3 Å². The third-order valence-corrected chi connectivity index (χ3v) is 3.61. The molecule has 2 rings (SSSR count). The van der Waals surface area contributed by atoms with Gasteiger partial charge in [-0.15, -0.1) is 0 Å². The lowest BCUT2D eigenvalue weighted by atomic mass is 9.96. The molecule has 0 heterocycles. The lowest BCUT2D eigenvalue weighted by molar-refractivity contribution is -0.131. The summed E-state index contributed by atoms with van der Waals surface area (Å²) in [7, 11) is 0. The summed E-state index contributed by atoms with van der Waals surface area (Å²) in [5, 5.41) is 15.5. The number of hydrogen-bond acceptors (Lipinski definition) is 3. The van der Waals surface area contributed by atoms with E-state index in [0.717, 1.165) is 11.1 Å². The van der Waals surface area contributed by atoms with Crippen LogP contribution in [0.5, 0.6) is 0 Å². The predicted molar refractivity (Wildman–Crippen MR) is 79.5 cm³/mol. The first-order chi connectivity index (χ1) is 9.79. The van der Waals surface area contributed by atoms with E-state index in [2.05, 4.69) is 10.6 Å². The van der Waals surface area contributed by atoms with Crippen LogP contribution in [0, 0.1) is 5.41 Å². The Morgan fingerprint density at radius 3 is 2.62 bits per heavy atom. The lowest BCUT2D eigenvalue weighted by Crippen LogP contribution is -2.43. The van der Waals surface area contributed by atoms with Gasteiger partial charge < -0.3 is 15.7 Å². The molecule has 5 heteroatoms. The fourth-order valence-electron chi connectivity index (χ4n) is 2.40. The highest BCUT2D eigenvalue weighted by atomic mass is 16.3. The normalized spacial score (nSPS) is 20.8. The van der Waals surface area contributed by atoms with Crippen LogP contribution in [0.4, 0.5) is 0 Å². The van der Waals surface area contributed by atoms with Gasteiger partial charge in [-0.05, 0) is 11.1 Å². The number of benzene rings is 1. The highest BCUT2D eigenvalue weighted by molar-refractivity contribution is 5.87. The molecule has 0 aliphatic heterocycles. The molecule has 1 aromatic rings. The number of carbonyl (C=O) groups is 2. The molecule has 5 nitrogen and oxygen atoms in total. The molecule has 0 radical (unpaired) electrons. The molecule has 0 fully saturated rings. The zero-order chi connectivity index (χ0) is 15.6. The van der Waals surface area contributed by atoms with Crippen molar-refractivity contribution in [2.24, 2.45) is 5.41 Å². The van der Waals surface area contributed by atoms with E-state index in [-0.39, 0.29) is 18.4 Å². The summed E-state index contributed by atoms with van der Waals surface area (Å²) in [6.07, 6.45) is -0.0835. The van der Waals surface area contributed by atoms with E-state index < -0.39 is 17.6 Å². The predicted octanol–water partition coefficient (Wildman–Crippen LogP) is 0.923. The molecule has 2 amide bonds. The van der Waals surface area contributed by atoms with E-state index in [0.29, 0.717) is 6.42 Å². The first-order valence-corrected chi connectivity index (χ1v) is 7.12. The number of hydrogen-bond donors (Lipinski definition) is 3. The first-order valence-electron chi connectivity index (χ1n) is 7.12. The Bertz CT molecular complexity index is 549. The van der Waals surface area contributed by atoms with E-state index in [1.165, 1.54) is 0 Å². The summed E-state index contributed by atoms with van der Waals surface area (Å²) < 4.78 is 0. The standard InChI is InChI=1S/C16H22N2O3/c1-16(2,3)15(21)17-9-13(20)18-14-11-7-5-4-6-10(11)8-12(14)19/h4-7,12,14,19H,8-9H2,1-3H3,(H,17,21)(H,18,20)/t12-,14+/m0/s1. The van der Waals surface area contributed by atoms with Gasteiger partial charge in [0.05, 0.1) is 18.7 Å². The van der Waals surface area contributed by atoms with Gasteiger partial charge in [-0.25, -0.2) is 0 Å². The quantitative estimate of drug-likeness (QED) is 0.774. The van der Waals surface area contributed by atoms with Crippen molar-refractivity contribution in [3.05, 3.63) is 35.4 Å². The molecule has 0 saturated carbocycles. The summed E-state index contributed by atoms with van der Waals surface area (Å²) in [5.74, 6) is -0.474. The maximum Gasteiger partial charge on any atom is 0.239 e. The Balaban J connectivity index is 1.93. The lowest BCUT2D eigenvalue weighted by Gasteiger charge is -2.20. The van der Waals surface area contributed by atoms with Gasteiger partial charge >= 0.3 is 0 Å². The molecule has 3 N–H and O–H groups in total. The minimum atomic E-state index is -0.621. The Morgan fingerprint density at radius 2 is 1.95 bits per heavy atom. The molecule has 0 spiro atoms. The fourth-order valence-corrected chi connectivity index (χ4v) is 2.40. The van der Waals surface area contributed by atoms with Crippen molar-refractivity contribution >= 4 is 11.8 Å². The summed E-state index contributed by atoms with van der Waals surface area (Å²) >= 11 is 0. The largest absolute Gasteiger partial charge is 0.390 e. The van der Waals surface area contributed by atoms with Gasteiger partial charge in [0.2, 0.25) is 11.8 Å². The van der Waals surface area contributed by atoms with Crippen LogP contribution in [0.15, 0.2) is 24.3 Å². The summed E-state index contributed by atoms with van der Waals surface area (Å²) in [6, 6.07) is 7.26. The van der Waals surface area contributed by atoms with Crippen LogP contribution >= 0.6 is 0 Å². The van der Waals surface area contributed by atoms with Crippen molar-refractivity contribution < 1.29 is 14.7 Å². The molecule has 0 aromatic heterocycles. The van der Waals surface area contributed by atoms with Crippen LogP contribution in [0.25, 0.3) is 0 Å². The van der Waals surface area contributed by atoms with E-state index in [1.54, 1.807) is 20.8 Å². The average molecular weight is 290 g/mol. The van der Waals surface area contributed by atoms with Crippen LogP contribution in [-0.2, 0) is 16.0 Å². The zero-order valence-electron chi connectivity index (χ0n) is 12.6. The average Bonchev–Trinajstić information content (AvgIpc) is 2.71. The summed E-state index contributed by atoms with van der Waals surface area (Å²) in [5.41, 5.74) is 1.47. The molecule has 1 aromatic carbocycles. The van der Waals surface area contributed by atoms with Crippen molar-refractivity contribution in [3.63, 3.8) is 0 Å².